The summed E-state index contributed by atoms with van der Waals surface area (Å²) in [7, 11) is 0. The van der Waals surface area contributed by atoms with Crippen molar-refractivity contribution in [2.75, 3.05) is 25.0 Å². The Bertz CT molecular complexity index is 985. The van der Waals surface area contributed by atoms with E-state index in [4.69, 9.17) is 21.2 Å². The molecule has 0 aliphatic carbocycles. The summed E-state index contributed by atoms with van der Waals surface area (Å²) < 4.78 is 19.6. The quantitative estimate of drug-likeness (QED) is 0.414. The number of anilines is 1. The molecule has 0 saturated carbocycles. The molecule has 182 valence electrons. The topological polar surface area (TPSA) is 75.7 Å². The number of aromatic nitrogens is 1. The molecule has 1 aromatic carbocycles. The van der Waals surface area contributed by atoms with Gasteiger partial charge in [0, 0.05) is 38.4 Å². The highest BCUT2D eigenvalue weighted by Gasteiger charge is 2.21. The molecule has 0 spiro atoms. The van der Waals surface area contributed by atoms with E-state index in [-0.39, 0.29) is 6.04 Å². The van der Waals surface area contributed by atoms with Gasteiger partial charge in [-0.05, 0) is 55.5 Å². The van der Waals surface area contributed by atoms with Gasteiger partial charge in [-0.3, -0.25) is 9.69 Å². The van der Waals surface area contributed by atoms with E-state index in [0.717, 1.165) is 51.4 Å². The molecule has 1 unspecified atom stereocenters. The summed E-state index contributed by atoms with van der Waals surface area (Å²) >= 11 is 6.41. The van der Waals surface area contributed by atoms with Gasteiger partial charge in [0.1, 0.15) is 5.82 Å². The second-order valence-electron chi connectivity index (χ2n) is 8.64. The summed E-state index contributed by atoms with van der Waals surface area (Å²) in [5, 5.41) is 3.78. The van der Waals surface area contributed by atoms with Crippen LogP contribution in [0.3, 0.4) is 0 Å². The number of hydrogen-bond acceptors (Lipinski definition) is 6. The molecular weight excluding hydrogens is 459 g/mol. The van der Waals surface area contributed by atoms with Crippen LogP contribution >= 0.6 is 11.6 Å². The van der Waals surface area contributed by atoms with Crippen molar-refractivity contribution in [1.29, 1.82) is 0 Å². The number of rotatable bonds is 8. The summed E-state index contributed by atoms with van der Waals surface area (Å²) in [6, 6.07) is 12.2. The molecule has 2 fully saturated rings. The van der Waals surface area contributed by atoms with Gasteiger partial charge in [-0.1, -0.05) is 41.9 Å². The highest BCUT2D eigenvalue weighted by atomic mass is 35.5. The Labute approximate surface area is 204 Å². The van der Waals surface area contributed by atoms with Crippen LogP contribution in [0.5, 0.6) is 0 Å². The van der Waals surface area contributed by atoms with Crippen LogP contribution in [0.2, 0.25) is 5.02 Å². The lowest BCUT2D eigenvalue weighted by Gasteiger charge is -2.33. The number of nitrogens with zero attached hydrogens (tertiary/aromatic N) is 2. The lowest BCUT2D eigenvalue weighted by Crippen LogP contribution is -2.41. The monoisotopic (exact) mass is 488 g/mol. The molecule has 3 heterocycles. The van der Waals surface area contributed by atoms with Gasteiger partial charge in [0.2, 0.25) is 0 Å². The first-order chi connectivity index (χ1) is 16.6. The number of pyridine rings is 1. The van der Waals surface area contributed by atoms with E-state index in [0.29, 0.717) is 29.4 Å². The molecule has 1 amide bonds. The maximum absolute atomic E-state index is 14.3. The van der Waals surface area contributed by atoms with Gasteiger partial charge < -0.3 is 10.1 Å². The van der Waals surface area contributed by atoms with Gasteiger partial charge >= 0.3 is 5.91 Å². The minimum Gasteiger partial charge on any atom is -0.365 e. The number of benzene rings is 1. The Morgan fingerprint density at radius 2 is 2.12 bits per heavy atom. The molecule has 0 radical (unpaired) electrons. The normalized spacial score (nSPS) is 21.8. The number of hydrogen-bond donors (Lipinski definition) is 2. The Morgan fingerprint density at radius 1 is 1.26 bits per heavy atom. The van der Waals surface area contributed by atoms with Crippen molar-refractivity contribution < 1.29 is 18.8 Å². The lowest BCUT2D eigenvalue weighted by molar-refractivity contribution is -0.199. The van der Waals surface area contributed by atoms with Crippen LogP contribution < -0.4 is 10.8 Å². The fraction of sp³-hybridized carbons (Fsp3) is 0.440. The third kappa shape index (κ3) is 7.24. The molecule has 2 N–H and O–H groups in total. The zero-order chi connectivity index (χ0) is 23.8. The number of ether oxygens (including phenoxy) is 1. The second kappa shape index (κ2) is 12.3. The van der Waals surface area contributed by atoms with Crippen LogP contribution in [-0.2, 0) is 20.9 Å². The van der Waals surface area contributed by atoms with Gasteiger partial charge in [-0.2, -0.15) is 0 Å². The number of nitrogens with one attached hydrogen (secondary N) is 2. The predicted molar refractivity (Wildman–Crippen MR) is 130 cm³/mol. The van der Waals surface area contributed by atoms with E-state index in [9.17, 15) is 9.18 Å². The number of carbonyl (C=O) groups is 1. The largest absolute Gasteiger partial charge is 0.365 e. The van der Waals surface area contributed by atoms with Crippen molar-refractivity contribution in [3.05, 3.63) is 64.6 Å². The molecule has 9 heteroatoms. The molecule has 2 aliphatic rings. The van der Waals surface area contributed by atoms with Crippen LogP contribution in [0.4, 0.5) is 10.2 Å². The molecule has 1 aromatic heterocycles. The minimum atomic E-state index is -1.00. The first kappa shape index (κ1) is 24.6. The fourth-order valence-corrected chi connectivity index (χ4v) is 4.40. The van der Waals surface area contributed by atoms with Gasteiger partial charge in [0.25, 0.3) is 0 Å². The molecule has 0 bridgehead atoms. The number of hydroxylamine groups is 1. The van der Waals surface area contributed by atoms with Crippen molar-refractivity contribution >= 4 is 29.4 Å². The summed E-state index contributed by atoms with van der Waals surface area (Å²) in [4.78, 5) is 23.8. The van der Waals surface area contributed by atoms with Gasteiger partial charge in [0.05, 0.1) is 5.02 Å². The molecule has 2 aromatic rings. The van der Waals surface area contributed by atoms with E-state index >= 15 is 0 Å². The van der Waals surface area contributed by atoms with E-state index in [2.05, 4.69) is 44.9 Å². The molecule has 2 atom stereocenters. The number of piperidine rings is 1. The summed E-state index contributed by atoms with van der Waals surface area (Å²) in [6.45, 7) is 3.40. The molecule has 2 aliphatic heterocycles. The molecule has 7 nitrogen and oxygen atoms in total. The smallest absolute Gasteiger partial charge is 0.303 e. The van der Waals surface area contributed by atoms with Crippen molar-refractivity contribution in [1.82, 2.24) is 15.4 Å². The average Bonchev–Trinajstić information content (AvgIpc) is 2.86. The number of carbonyl (C=O) groups excluding carboxylic acids is 1. The highest BCUT2D eigenvalue weighted by Crippen LogP contribution is 2.25. The van der Waals surface area contributed by atoms with Crippen LogP contribution in [-0.4, -0.2) is 47.8 Å². The van der Waals surface area contributed by atoms with Crippen LogP contribution in [0.25, 0.3) is 6.08 Å². The Kier molecular flexibility index (Phi) is 8.87. The van der Waals surface area contributed by atoms with Gasteiger partial charge in [0.15, 0.2) is 12.1 Å². The third-order valence-corrected chi connectivity index (χ3v) is 6.18. The summed E-state index contributed by atoms with van der Waals surface area (Å²) in [6.07, 6.45) is 6.66. The third-order valence-electron chi connectivity index (χ3n) is 5.89. The van der Waals surface area contributed by atoms with Crippen LogP contribution in [0, 0.1) is 0 Å². The maximum atomic E-state index is 14.3. The first-order valence-corrected chi connectivity index (χ1v) is 12.1. The standard InChI is InChI=1S/C25H30ClFN4O3/c26-21-13-19(14-22(27)25(32)30-34-23-10-4-5-12-33-23)15-28-24(21)29-20-9-6-11-31(17-20)16-18-7-2-1-3-8-18/h1-3,7-8,13-15,20,23H,4-6,9-12,16-17H2,(H,28,29)(H,30,32)/b22-14-/t20-,23?/m1/s1. The number of halogens is 2. The van der Waals surface area contributed by atoms with Gasteiger partial charge in [-0.15, -0.1) is 0 Å². The Balaban J connectivity index is 1.30. The van der Waals surface area contributed by atoms with Crippen molar-refractivity contribution in [3.8, 4) is 0 Å². The van der Waals surface area contributed by atoms with E-state index in [1.165, 1.54) is 11.8 Å². The summed E-state index contributed by atoms with van der Waals surface area (Å²) in [5.74, 6) is -1.43. The van der Waals surface area contributed by atoms with E-state index in [1.807, 2.05) is 6.07 Å². The fourth-order valence-electron chi connectivity index (χ4n) is 4.17. The summed E-state index contributed by atoms with van der Waals surface area (Å²) in [5.41, 5.74) is 3.77. The predicted octanol–water partition coefficient (Wildman–Crippen LogP) is 4.70. The first-order valence-electron chi connectivity index (χ1n) is 11.7. The average molecular weight is 489 g/mol. The molecule has 34 heavy (non-hydrogen) atoms. The second-order valence-corrected chi connectivity index (χ2v) is 9.05. The van der Waals surface area contributed by atoms with Crippen LogP contribution in [0.15, 0.2) is 48.4 Å². The van der Waals surface area contributed by atoms with Crippen molar-refractivity contribution in [3.63, 3.8) is 0 Å². The van der Waals surface area contributed by atoms with E-state index in [1.54, 1.807) is 6.07 Å². The highest BCUT2D eigenvalue weighted by molar-refractivity contribution is 6.33. The molecule has 4 rings (SSSR count). The Hall–Kier alpha value is -2.52. The maximum Gasteiger partial charge on any atom is 0.303 e. The SMILES string of the molecule is O=C(NOC1CCCCO1)/C(F)=C/c1cnc(N[C@@H]2CCCN(Cc3ccccc3)C2)c(Cl)c1. The minimum absolute atomic E-state index is 0.213. The molecule has 2 saturated heterocycles. The molecular formula is C25H30ClFN4O3. The number of amides is 1. The van der Waals surface area contributed by atoms with Crippen molar-refractivity contribution in [2.24, 2.45) is 0 Å². The van der Waals surface area contributed by atoms with Crippen LogP contribution in [0.1, 0.15) is 43.2 Å². The van der Waals surface area contributed by atoms with E-state index < -0.39 is 18.0 Å². The zero-order valence-corrected chi connectivity index (χ0v) is 19.8. The lowest BCUT2D eigenvalue weighted by atomic mass is 10.0. The zero-order valence-electron chi connectivity index (χ0n) is 19.0. The van der Waals surface area contributed by atoms with Crippen molar-refractivity contribution in [2.45, 2.75) is 51.0 Å². The Morgan fingerprint density at radius 3 is 2.88 bits per heavy atom. The van der Waals surface area contributed by atoms with Gasteiger partial charge in [-0.25, -0.2) is 19.7 Å². The number of likely N-dealkylation sites (tertiary alicyclic amines) is 1.